The predicted octanol–water partition coefficient (Wildman–Crippen LogP) is 4.51. The molecule has 2 aromatic heterocycles. The maximum absolute atomic E-state index is 13.8. The molecule has 0 N–H and O–H groups in total. The summed E-state index contributed by atoms with van der Waals surface area (Å²) in [6, 6.07) is 9.63. The average Bonchev–Trinajstić information content (AvgIpc) is 3.46. The van der Waals surface area contributed by atoms with Crippen molar-refractivity contribution in [2.45, 2.75) is 45.7 Å². The quantitative estimate of drug-likeness (QED) is 0.358. The van der Waals surface area contributed by atoms with E-state index in [1.54, 1.807) is 21.6 Å². The smallest absolute Gasteiger partial charge is 0.267 e. The van der Waals surface area contributed by atoms with Crippen molar-refractivity contribution in [3.63, 3.8) is 0 Å². The van der Waals surface area contributed by atoms with Crippen LogP contribution in [0.1, 0.15) is 42.9 Å². The molecule has 8 nitrogen and oxygen atoms in total. The molecule has 37 heavy (non-hydrogen) atoms. The van der Waals surface area contributed by atoms with Crippen molar-refractivity contribution in [2.24, 2.45) is 0 Å². The molecule has 0 aliphatic carbocycles. The Bertz CT molecular complexity index is 1530. The number of ether oxygens (including phenoxy) is 2. The molecule has 6 rings (SSSR count). The normalized spacial score (nSPS) is 20.5. The maximum Gasteiger partial charge on any atom is 0.267 e. The van der Waals surface area contributed by atoms with Gasteiger partial charge >= 0.3 is 0 Å². The van der Waals surface area contributed by atoms with Gasteiger partial charge in [0.2, 0.25) is 6.79 Å². The van der Waals surface area contributed by atoms with Gasteiger partial charge in [0.1, 0.15) is 15.8 Å². The molecule has 0 saturated carbocycles. The minimum atomic E-state index is -0.223. The summed E-state index contributed by atoms with van der Waals surface area (Å²) in [6.45, 7) is 5.43. The first-order valence-electron chi connectivity index (χ1n) is 12.3. The number of fused-ring (bicyclic) bond motifs is 2. The second kappa shape index (κ2) is 9.50. The molecule has 1 atom stereocenters. The number of pyridine rings is 1. The largest absolute Gasteiger partial charge is 0.454 e. The van der Waals surface area contributed by atoms with E-state index < -0.39 is 0 Å². The van der Waals surface area contributed by atoms with Crippen LogP contribution in [0.4, 0.5) is 5.82 Å². The van der Waals surface area contributed by atoms with Gasteiger partial charge in [0, 0.05) is 18.8 Å². The molecule has 0 bridgehead atoms. The highest BCUT2D eigenvalue weighted by Gasteiger charge is 2.34. The number of rotatable bonds is 4. The summed E-state index contributed by atoms with van der Waals surface area (Å²) in [7, 11) is 0. The number of aromatic nitrogens is 2. The zero-order chi connectivity index (χ0) is 25.7. The fourth-order valence-electron chi connectivity index (χ4n) is 5.05. The fourth-order valence-corrected chi connectivity index (χ4v) is 6.28. The van der Waals surface area contributed by atoms with Crippen molar-refractivity contribution in [3.05, 3.63) is 68.5 Å². The minimum absolute atomic E-state index is 0.190. The number of carbonyl (C=O) groups excluding carboxylic acids is 1. The summed E-state index contributed by atoms with van der Waals surface area (Å²) in [5.74, 6) is 1.75. The van der Waals surface area contributed by atoms with Crippen LogP contribution < -0.4 is 19.9 Å². The molecule has 5 heterocycles. The fraction of sp³-hybridized carbons (Fsp3) is 0.333. The van der Waals surface area contributed by atoms with Gasteiger partial charge in [-0.2, -0.15) is 0 Å². The Hall–Kier alpha value is -3.37. The number of nitrogens with zero attached hydrogens (tertiary/aromatic N) is 4. The molecule has 1 amide bonds. The van der Waals surface area contributed by atoms with Gasteiger partial charge in [-0.1, -0.05) is 36.1 Å². The van der Waals surface area contributed by atoms with E-state index in [-0.39, 0.29) is 24.3 Å². The van der Waals surface area contributed by atoms with Gasteiger partial charge in [-0.05, 0) is 68.5 Å². The second-order valence-electron chi connectivity index (χ2n) is 9.53. The third-order valence-corrected chi connectivity index (χ3v) is 8.44. The minimum Gasteiger partial charge on any atom is -0.454 e. The van der Waals surface area contributed by atoms with Gasteiger partial charge in [-0.25, -0.2) is 4.98 Å². The van der Waals surface area contributed by atoms with E-state index in [0.29, 0.717) is 44.3 Å². The van der Waals surface area contributed by atoms with Crippen LogP contribution in [0.5, 0.6) is 11.5 Å². The summed E-state index contributed by atoms with van der Waals surface area (Å²) in [4.78, 5) is 36.4. The lowest BCUT2D eigenvalue weighted by molar-refractivity contribution is -0.122. The van der Waals surface area contributed by atoms with Crippen molar-refractivity contribution in [1.29, 1.82) is 0 Å². The van der Waals surface area contributed by atoms with Crippen LogP contribution in [-0.2, 0) is 11.3 Å². The van der Waals surface area contributed by atoms with Crippen molar-refractivity contribution < 1.29 is 14.3 Å². The van der Waals surface area contributed by atoms with E-state index in [0.717, 1.165) is 36.9 Å². The summed E-state index contributed by atoms with van der Waals surface area (Å²) >= 11 is 6.79. The molecule has 3 aliphatic rings. The molecular formula is C27H26N4O4S2. The van der Waals surface area contributed by atoms with Gasteiger partial charge in [0.25, 0.3) is 11.5 Å². The number of hydrogen-bond donors (Lipinski definition) is 0. The number of aryl methyl sites for hydroxylation is 1. The number of thiocarbonyl (C=S) groups is 1. The summed E-state index contributed by atoms with van der Waals surface area (Å²) < 4.78 is 12.9. The van der Waals surface area contributed by atoms with E-state index in [9.17, 15) is 9.59 Å². The van der Waals surface area contributed by atoms with E-state index >= 15 is 0 Å². The highest BCUT2D eigenvalue weighted by atomic mass is 32.2. The van der Waals surface area contributed by atoms with Gasteiger partial charge in [0.05, 0.1) is 17.0 Å². The lowest BCUT2D eigenvalue weighted by atomic mass is 10.0. The van der Waals surface area contributed by atoms with Crippen LogP contribution >= 0.6 is 24.0 Å². The van der Waals surface area contributed by atoms with Crippen LogP contribution in [0.3, 0.4) is 0 Å². The zero-order valence-corrected chi connectivity index (χ0v) is 22.2. The van der Waals surface area contributed by atoms with E-state index in [1.807, 2.05) is 37.3 Å². The van der Waals surface area contributed by atoms with Gasteiger partial charge < -0.3 is 14.4 Å². The Kier molecular flexibility index (Phi) is 6.16. The van der Waals surface area contributed by atoms with Crippen molar-refractivity contribution in [1.82, 2.24) is 14.3 Å². The number of thioether (sulfide) groups is 1. The summed E-state index contributed by atoms with van der Waals surface area (Å²) in [6.07, 6.45) is 6.63. The van der Waals surface area contributed by atoms with Gasteiger partial charge in [-0.3, -0.25) is 18.9 Å². The third kappa shape index (κ3) is 4.27. The third-order valence-electron chi connectivity index (χ3n) is 7.07. The number of anilines is 1. The van der Waals surface area contributed by atoms with Crippen molar-refractivity contribution in [3.8, 4) is 11.5 Å². The molecule has 1 unspecified atom stereocenters. The Balaban J connectivity index is 1.40. The number of carbonyl (C=O) groups is 1. The molecular weight excluding hydrogens is 508 g/mol. The molecule has 3 aromatic rings. The Morgan fingerprint density at radius 3 is 2.86 bits per heavy atom. The second-order valence-corrected chi connectivity index (χ2v) is 11.2. The van der Waals surface area contributed by atoms with E-state index in [2.05, 4.69) is 11.8 Å². The van der Waals surface area contributed by atoms with Gasteiger partial charge in [0.15, 0.2) is 11.5 Å². The predicted molar refractivity (Wildman–Crippen MR) is 148 cm³/mol. The Labute approximate surface area is 223 Å². The van der Waals surface area contributed by atoms with Crippen LogP contribution in [-0.4, -0.2) is 43.9 Å². The summed E-state index contributed by atoms with van der Waals surface area (Å²) in [5.41, 5.74) is 2.66. The topological polar surface area (TPSA) is 76.4 Å². The number of amides is 1. The molecule has 1 aromatic carbocycles. The monoisotopic (exact) mass is 534 g/mol. The number of hydrogen-bond acceptors (Lipinski definition) is 8. The standard InChI is InChI=1S/C27H26N4O4S2/c1-16-6-5-11-30-23(16)28-24(29-10-4-3-7-17(29)2)19(25(30)32)13-22-26(33)31(27(36)37-22)14-18-8-9-20-21(12-18)35-15-34-20/h5-6,8-9,11-13,17H,3-4,7,10,14-15H2,1-2H3/b22-13+. The maximum atomic E-state index is 13.8. The first kappa shape index (κ1) is 24.0. The van der Waals surface area contributed by atoms with Crippen LogP contribution in [0.2, 0.25) is 0 Å². The molecule has 0 spiro atoms. The van der Waals surface area contributed by atoms with Crippen LogP contribution in [0, 0.1) is 6.92 Å². The average molecular weight is 535 g/mol. The molecule has 10 heteroatoms. The van der Waals surface area contributed by atoms with Crippen LogP contribution in [0.25, 0.3) is 11.7 Å². The van der Waals surface area contributed by atoms with E-state index in [4.69, 9.17) is 26.7 Å². The van der Waals surface area contributed by atoms with Crippen LogP contribution in [0.15, 0.2) is 46.2 Å². The highest BCUT2D eigenvalue weighted by Crippen LogP contribution is 2.37. The molecule has 190 valence electrons. The number of benzene rings is 1. The summed E-state index contributed by atoms with van der Waals surface area (Å²) in [5, 5.41) is 0. The van der Waals surface area contributed by atoms with Crippen molar-refractivity contribution in [2.75, 3.05) is 18.2 Å². The van der Waals surface area contributed by atoms with Crippen molar-refractivity contribution >= 4 is 51.7 Å². The van der Waals surface area contributed by atoms with Gasteiger partial charge in [-0.15, -0.1) is 0 Å². The molecule has 0 radical (unpaired) electrons. The highest BCUT2D eigenvalue weighted by molar-refractivity contribution is 8.26. The SMILES string of the molecule is Cc1cccn2c(=O)c(/C=C3/SC(=S)N(Cc4ccc5c(c4)OCO5)C3=O)c(N3CCCCC3C)nc12. The lowest BCUT2D eigenvalue weighted by Crippen LogP contribution is -2.40. The Morgan fingerprint density at radius 1 is 1.19 bits per heavy atom. The number of piperidine rings is 1. The first-order valence-corrected chi connectivity index (χ1v) is 13.6. The molecule has 2 fully saturated rings. The lowest BCUT2D eigenvalue weighted by Gasteiger charge is -2.35. The Morgan fingerprint density at radius 2 is 2.03 bits per heavy atom. The molecule has 2 saturated heterocycles. The molecule has 3 aliphatic heterocycles. The first-order chi connectivity index (χ1) is 17.9. The zero-order valence-electron chi connectivity index (χ0n) is 20.6. The van der Waals surface area contributed by atoms with E-state index in [1.165, 1.54) is 11.8 Å².